The van der Waals surface area contributed by atoms with E-state index in [1.54, 1.807) is 4.68 Å². The monoisotopic (exact) mass is 508 g/mol. The van der Waals surface area contributed by atoms with Gasteiger partial charge in [-0.1, -0.05) is 34.1 Å². The quantitative estimate of drug-likeness (QED) is 0.254. The SMILES string of the molecule is O=c1oc2c(Br)cc(Br)cc2cc1-c1csc(=S)n1Nc1ccccc1. The first-order valence-corrected chi connectivity index (χ1v) is 10.4. The third-order valence-corrected chi connectivity index (χ3v) is 5.98. The van der Waals surface area contributed by atoms with Gasteiger partial charge >= 0.3 is 5.63 Å². The van der Waals surface area contributed by atoms with Crippen LogP contribution in [0.5, 0.6) is 0 Å². The zero-order valence-electron chi connectivity index (χ0n) is 13.0. The molecule has 2 aromatic heterocycles. The average Bonchev–Trinajstić information content (AvgIpc) is 2.97. The van der Waals surface area contributed by atoms with Crippen molar-refractivity contribution in [3.05, 3.63) is 77.2 Å². The molecule has 0 saturated carbocycles. The van der Waals surface area contributed by atoms with Gasteiger partial charge in [-0.05, 0) is 58.5 Å². The number of aromatic nitrogens is 1. The minimum Gasteiger partial charge on any atom is -0.421 e. The summed E-state index contributed by atoms with van der Waals surface area (Å²) in [7, 11) is 0. The fourth-order valence-electron chi connectivity index (χ4n) is 2.58. The molecular formula is C18H10Br2N2O2S2. The highest BCUT2D eigenvalue weighted by Gasteiger charge is 2.15. The minimum atomic E-state index is -0.420. The van der Waals surface area contributed by atoms with E-state index in [1.165, 1.54) is 11.3 Å². The molecule has 8 heteroatoms. The van der Waals surface area contributed by atoms with Crippen LogP contribution in [-0.2, 0) is 0 Å². The number of hydrogen-bond donors (Lipinski definition) is 1. The van der Waals surface area contributed by atoms with E-state index >= 15 is 0 Å². The summed E-state index contributed by atoms with van der Waals surface area (Å²) >= 11 is 13.7. The Labute approximate surface area is 174 Å². The van der Waals surface area contributed by atoms with Crippen molar-refractivity contribution in [1.82, 2.24) is 4.68 Å². The zero-order valence-corrected chi connectivity index (χ0v) is 17.8. The second-order valence-corrected chi connectivity index (χ2v) is 8.73. The zero-order chi connectivity index (χ0) is 18.3. The number of halogens is 2. The summed E-state index contributed by atoms with van der Waals surface area (Å²) in [5.74, 6) is 0. The molecule has 0 amide bonds. The van der Waals surface area contributed by atoms with Crippen molar-refractivity contribution in [2.24, 2.45) is 0 Å². The highest BCUT2D eigenvalue weighted by atomic mass is 79.9. The number of nitrogens with zero attached hydrogens (tertiary/aromatic N) is 1. The summed E-state index contributed by atoms with van der Waals surface area (Å²) in [6, 6.07) is 15.2. The number of thiazole rings is 1. The predicted octanol–water partition coefficient (Wildman–Crippen LogP) is 6.45. The molecule has 26 heavy (non-hydrogen) atoms. The molecule has 0 unspecified atom stereocenters. The molecule has 4 rings (SSSR count). The van der Waals surface area contributed by atoms with Gasteiger partial charge < -0.3 is 4.42 Å². The topological polar surface area (TPSA) is 47.2 Å². The fraction of sp³-hybridized carbons (Fsp3) is 0. The molecule has 4 aromatic rings. The molecule has 0 spiro atoms. The summed E-state index contributed by atoms with van der Waals surface area (Å²) < 4.78 is 9.49. The second-order valence-electron chi connectivity index (χ2n) is 5.45. The molecule has 2 heterocycles. The Morgan fingerprint density at radius 2 is 1.88 bits per heavy atom. The Kier molecular flexibility index (Phi) is 4.83. The van der Waals surface area contributed by atoms with E-state index in [4.69, 9.17) is 16.6 Å². The predicted molar refractivity (Wildman–Crippen MR) is 115 cm³/mol. The van der Waals surface area contributed by atoms with Crippen molar-refractivity contribution in [3.63, 3.8) is 0 Å². The largest absolute Gasteiger partial charge is 0.421 e. The molecule has 0 aliphatic heterocycles. The van der Waals surface area contributed by atoms with Crippen LogP contribution in [0.2, 0.25) is 0 Å². The Morgan fingerprint density at radius 3 is 2.65 bits per heavy atom. The Morgan fingerprint density at radius 1 is 1.12 bits per heavy atom. The summed E-state index contributed by atoms with van der Waals surface area (Å²) in [5.41, 5.74) is 5.31. The van der Waals surface area contributed by atoms with Gasteiger partial charge in [0, 0.05) is 15.2 Å². The van der Waals surface area contributed by atoms with Gasteiger partial charge in [-0.3, -0.25) is 5.43 Å². The number of benzene rings is 2. The van der Waals surface area contributed by atoms with Gasteiger partial charge in [-0.2, -0.15) is 0 Å². The Bertz CT molecular complexity index is 1230. The highest BCUT2D eigenvalue weighted by molar-refractivity contribution is 9.11. The fourth-order valence-corrected chi connectivity index (χ4v) is 4.90. The molecule has 1 N–H and O–H groups in total. The van der Waals surface area contributed by atoms with Gasteiger partial charge in [0.15, 0.2) is 9.54 Å². The first-order chi connectivity index (χ1) is 12.5. The molecule has 0 radical (unpaired) electrons. The van der Waals surface area contributed by atoms with Crippen molar-refractivity contribution in [1.29, 1.82) is 0 Å². The maximum absolute atomic E-state index is 12.6. The molecule has 130 valence electrons. The Hall–Kier alpha value is -1.74. The molecule has 0 aliphatic carbocycles. The lowest BCUT2D eigenvalue weighted by molar-refractivity contribution is 0.561. The van der Waals surface area contributed by atoms with Crippen molar-refractivity contribution < 1.29 is 4.42 Å². The van der Waals surface area contributed by atoms with Crippen molar-refractivity contribution in [2.75, 3.05) is 5.43 Å². The summed E-state index contributed by atoms with van der Waals surface area (Å²) in [4.78, 5) is 12.6. The molecular weight excluding hydrogens is 500 g/mol. The van der Waals surface area contributed by atoms with Crippen LogP contribution >= 0.6 is 55.4 Å². The minimum absolute atomic E-state index is 0.420. The summed E-state index contributed by atoms with van der Waals surface area (Å²) in [5, 5.41) is 2.66. The third kappa shape index (κ3) is 3.29. The molecule has 0 atom stereocenters. The van der Waals surface area contributed by atoms with E-state index in [-0.39, 0.29) is 0 Å². The standard InChI is InChI=1S/C18H10Br2N2O2S2/c19-11-6-10-7-13(17(23)24-16(10)14(20)8-11)15-9-26-18(25)22(15)21-12-4-2-1-3-5-12/h1-9,21H. The first-order valence-electron chi connectivity index (χ1n) is 7.49. The molecule has 4 nitrogen and oxygen atoms in total. The molecule has 0 aliphatic rings. The van der Waals surface area contributed by atoms with Crippen LogP contribution in [0.1, 0.15) is 0 Å². The van der Waals surface area contributed by atoms with Crippen LogP contribution in [-0.4, -0.2) is 4.68 Å². The van der Waals surface area contributed by atoms with Gasteiger partial charge in [0.05, 0.1) is 21.4 Å². The first kappa shape index (κ1) is 17.7. The summed E-state index contributed by atoms with van der Waals surface area (Å²) in [6.07, 6.45) is 0. The van der Waals surface area contributed by atoms with E-state index in [1.807, 2.05) is 53.9 Å². The maximum atomic E-state index is 12.6. The number of para-hydroxylation sites is 1. The lowest BCUT2D eigenvalue weighted by atomic mass is 10.1. The molecule has 0 saturated heterocycles. The Balaban J connectivity index is 1.90. The van der Waals surface area contributed by atoms with E-state index in [0.717, 1.165) is 20.0 Å². The van der Waals surface area contributed by atoms with Crippen LogP contribution in [0.3, 0.4) is 0 Å². The normalized spacial score (nSPS) is 11.0. The highest BCUT2D eigenvalue weighted by Crippen LogP contribution is 2.31. The number of anilines is 1. The third-order valence-electron chi connectivity index (χ3n) is 3.74. The van der Waals surface area contributed by atoms with Gasteiger partial charge in [0.1, 0.15) is 0 Å². The molecule has 2 aromatic carbocycles. The van der Waals surface area contributed by atoms with Crippen LogP contribution < -0.4 is 11.1 Å². The number of hydrogen-bond acceptors (Lipinski definition) is 5. The maximum Gasteiger partial charge on any atom is 0.345 e. The molecule has 0 bridgehead atoms. The smallest absolute Gasteiger partial charge is 0.345 e. The van der Waals surface area contributed by atoms with E-state index in [0.29, 0.717) is 20.8 Å². The van der Waals surface area contributed by atoms with Gasteiger partial charge in [-0.25, -0.2) is 9.47 Å². The van der Waals surface area contributed by atoms with E-state index < -0.39 is 5.63 Å². The van der Waals surface area contributed by atoms with Crippen molar-refractivity contribution in [3.8, 4) is 11.3 Å². The van der Waals surface area contributed by atoms with E-state index in [9.17, 15) is 4.79 Å². The van der Waals surface area contributed by atoms with Crippen molar-refractivity contribution in [2.45, 2.75) is 0 Å². The second kappa shape index (κ2) is 7.11. The van der Waals surface area contributed by atoms with E-state index in [2.05, 4.69) is 37.3 Å². The number of fused-ring (bicyclic) bond motifs is 1. The lowest BCUT2D eigenvalue weighted by Crippen LogP contribution is -2.13. The van der Waals surface area contributed by atoms with Crippen LogP contribution in [0.25, 0.3) is 22.2 Å². The number of rotatable bonds is 3. The van der Waals surface area contributed by atoms with Crippen LogP contribution in [0.15, 0.2) is 72.1 Å². The summed E-state index contributed by atoms with van der Waals surface area (Å²) in [6.45, 7) is 0. The average molecular weight is 510 g/mol. The lowest BCUT2D eigenvalue weighted by Gasteiger charge is -2.11. The van der Waals surface area contributed by atoms with Gasteiger partial charge in [0.2, 0.25) is 0 Å². The molecule has 0 fully saturated rings. The van der Waals surface area contributed by atoms with Gasteiger partial charge in [0.25, 0.3) is 0 Å². The van der Waals surface area contributed by atoms with Crippen LogP contribution in [0.4, 0.5) is 5.69 Å². The number of nitrogens with one attached hydrogen (secondary N) is 1. The van der Waals surface area contributed by atoms with Crippen molar-refractivity contribution >= 4 is 72.1 Å². The van der Waals surface area contributed by atoms with Crippen LogP contribution in [0, 0.1) is 3.95 Å². The van der Waals surface area contributed by atoms with Gasteiger partial charge in [-0.15, -0.1) is 11.3 Å².